The van der Waals surface area contributed by atoms with Crippen molar-refractivity contribution in [3.8, 4) is 0 Å². The van der Waals surface area contributed by atoms with Crippen LogP contribution >= 0.6 is 0 Å². The number of hydrogen-bond acceptors (Lipinski definition) is 3. The molecule has 26 heavy (non-hydrogen) atoms. The summed E-state index contributed by atoms with van der Waals surface area (Å²) in [4.78, 5) is 15.5. The zero-order valence-electron chi connectivity index (χ0n) is 14.5. The smallest absolute Gasteiger partial charge is 0.335 e. The van der Waals surface area contributed by atoms with Gasteiger partial charge in [0.2, 0.25) is 0 Å². The van der Waals surface area contributed by atoms with Gasteiger partial charge in [-0.25, -0.2) is 0 Å². The largest absolute Gasteiger partial charge is 0.403 e. The van der Waals surface area contributed by atoms with E-state index in [2.05, 4.69) is 10.2 Å². The molecule has 140 valence electrons. The van der Waals surface area contributed by atoms with Crippen LogP contribution in [0.2, 0.25) is 0 Å². The number of nitrogens with one attached hydrogen (secondary N) is 1. The maximum Gasteiger partial charge on any atom is 0.403 e. The third kappa shape index (κ3) is 4.24. The molecule has 1 aliphatic heterocycles. The van der Waals surface area contributed by atoms with Crippen molar-refractivity contribution in [2.24, 2.45) is 0 Å². The second kappa shape index (κ2) is 7.49. The first-order valence-electron chi connectivity index (χ1n) is 8.53. The molecule has 0 bridgehead atoms. The first-order chi connectivity index (χ1) is 12.3. The van der Waals surface area contributed by atoms with Crippen molar-refractivity contribution in [2.75, 3.05) is 26.2 Å². The van der Waals surface area contributed by atoms with E-state index in [1.54, 1.807) is 11.0 Å². The van der Waals surface area contributed by atoms with E-state index < -0.39 is 12.2 Å². The van der Waals surface area contributed by atoms with Gasteiger partial charge in [-0.1, -0.05) is 30.3 Å². The van der Waals surface area contributed by atoms with Crippen molar-refractivity contribution in [1.82, 2.24) is 20.0 Å². The van der Waals surface area contributed by atoms with Gasteiger partial charge in [-0.15, -0.1) is 0 Å². The normalized spacial score (nSPS) is 17.3. The topological polar surface area (TPSA) is 52.2 Å². The first kappa shape index (κ1) is 18.4. The van der Waals surface area contributed by atoms with Crippen LogP contribution in [0.4, 0.5) is 13.2 Å². The molecule has 1 aliphatic rings. The lowest BCUT2D eigenvalue weighted by molar-refractivity contribution is -0.181. The number of hydrogen-bond donors (Lipinski definition) is 1. The predicted molar refractivity (Wildman–Crippen MR) is 90.8 cm³/mol. The van der Waals surface area contributed by atoms with Crippen LogP contribution < -0.4 is 0 Å². The van der Waals surface area contributed by atoms with Crippen molar-refractivity contribution < 1.29 is 18.0 Å². The highest BCUT2D eigenvalue weighted by Crippen LogP contribution is 2.25. The number of carbonyl (C=O) groups excluding carboxylic acids is 1. The standard InChI is InChI=1S/C18H21F3N4O/c1-13(18(19,20)21)24-7-9-25(10-8-24)17(26)16-12-15(22-23-16)11-14-5-3-2-4-6-14/h2-6,12-13H,7-11H2,1H3,(H,22,23). The summed E-state index contributed by atoms with van der Waals surface area (Å²) in [6.07, 6.45) is -3.61. The molecule has 1 aromatic heterocycles. The number of aromatic nitrogens is 2. The highest BCUT2D eigenvalue weighted by molar-refractivity contribution is 5.92. The number of halogens is 3. The van der Waals surface area contributed by atoms with Crippen molar-refractivity contribution in [2.45, 2.75) is 25.6 Å². The third-order valence-corrected chi connectivity index (χ3v) is 4.71. The van der Waals surface area contributed by atoms with Gasteiger partial charge in [0, 0.05) is 38.3 Å². The van der Waals surface area contributed by atoms with E-state index in [9.17, 15) is 18.0 Å². The van der Waals surface area contributed by atoms with Gasteiger partial charge >= 0.3 is 6.18 Å². The van der Waals surface area contributed by atoms with Crippen LogP contribution in [0.5, 0.6) is 0 Å². The zero-order valence-corrected chi connectivity index (χ0v) is 14.5. The molecule has 1 aromatic carbocycles. The summed E-state index contributed by atoms with van der Waals surface area (Å²) in [6, 6.07) is 10.0. The maximum atomic E-state index is 12.8. The molecular formula is C18H21F3N4O. The van der Waals surface area contributed by atoms with Crippen molar-refractivity contribution >= 4 is 5.91 Å². The molecule has 1 fully saturated rings. The maximum absolute atomic E-state index is 12.8. The van der Waals surface area contributed by atoms with Crippen LogP contribution in [0.3, 0.4) is 0 Å². The number of amides is 1. The van der Waals surface area contributed by atoms with Crippen LogP contribution in [-0.2, 0) is 6.42 Å². The second-order valence-corrected chi connectivity index (χ2v) is 6.49. The quantitative estimate of drug-likeness (QED) is 0.905. The molecule has 1 atom stereocenters. The minimum absolute atomic E-state index is 0.202. The molecule has 3 rings (SSSR count). The molecule has 0 aliphatic carbocycles. The van der Waals surface area contributed by atoms with Gasteiger partial charge in [0.05, 0.1) is 0 Å². The minimum atomic E-state index is -4.25. The average molecular weight is 366 g/mol. The van der Waals surface area contributed by atoms with Gasteiger partial charge in [0.25, 0.3) is 5.91 Å². The van der Waals surface area contributed by atoms with Crippen LogP contribution in [0.25, 0.3) is 0 Å². The average Bonchev–Trinajstić information content (AvgIpc) is 3.09. The molecule has 1 N–H and O–H groups in total. The highest BCUT2D eigenvalue weighted by atomic mass is 19.4. The Balaban J connectivity index is 1.57. The number of piperazine rings is 1. The number of nitrogens with zero attached hydrogens (tertiary/aromatic N) is 3. The summed E-state index contributed by atoms with van der Waals surface area (Å²) in [5, 5.41) is 6.94. The molecular weight excluding hydrogens is 345 g/mol. The summed E-state index contributed by atoms with van der Waals surface area (Å²) in [7, 11) is 0. The monoisotopic (exact) mass is 366 g/mol. The summed E-state index contributed by atoms with van der Waals surface area (Å²) < 4.78 is 38.4. The minimum Gasteiger partial charge on any atom is -0.335 e. The summed E-state index contributed by atoms with van der Waals surface area (Å²) >= 11 is 0. The summed E-state index contributed by atoms with van der Waals surface area (Å²) in [5.74, 6) is -0.250. The van der Waals surface area contributed by atoms with Gasteiger partial charge in [0.1, 0.15) is 11.7 Å². The van der Waals surface area contributed by atoms with E-state index in [1.807, 2.05) is 30.3 Å². The fraction of sp³-hybridized carbons (Fsp3) is 0.444. The molecule has 5 nitrogen and oxygen atoms in total. The van der Waals surface area contributed by atoms with Crippen molar-refractivity contribution in [1.29, 1.82) is 0 Å². The Hall–Kier alpha value is -2.35. The Morgan fingerprint density at radius 2 is 1.85 bits per heavy atom. The lowest BCUT2D eigenvalue weighted by atomic mass is 10.1. The molecule has 0 spiro atoms. The lowest BCUT2D eigenvalue weighted by Gasteiger charge is -2.38. The van der Waals surface area contributed by atoms with Crippen molar-refractivity contribution in [3.05, 3.63) is 53.3 Å². The number of H-pyrrole nitrogens is 1. The van der Waals surface area contributed by atoms with Crippen LogP contribution in [0.1, 0.15) is 28.7 Å². The van der Waals surface area contributed by atoms with Crippen LogP contribution in [-0.4, -0.2) is 64.3 Å². The highest BCUT2D eigenvalue weighted by Gasteiger charge is 2.41. The van der Waals surface area contributed by atoms with E-state index in [0.717, 1.165) is 18.2 Å². The molecule has 2 heterocycles. The number of alkyl halides is 3. The number of benzene rings is 1. The predicted octanol–water partition coefficient (Wildman–Crippen LogP) is 2.71. The van der Waals surface area contributed by atoms with E-state index >= 15 is 0 Å². The molecule has 8 heteroatoms. The lowest BCUT2D eigenvalue weighted by Crippen LogP contribution is -2.54. The van der Waals surface area contributed by atoms with Gasteiger partial charge in [0.15, 0.2) is 0 Å². The zero-order chi connectivity index (χ0) is 18.7. The Morgan fingerprint density at radius 1 is 1.19 bits per heavy atom. The Labute approximate surface area is 149 Å². The third-order valence-electron chi connectivity index (χ3n) is 4.71. The molecule has 2 aromatic rings. The van der Waals surface area contributed by atoms with E-state index in [-0.39, 0.29) is 32.1 Å². The van der Waals surface area contributed by atoms with E-state index in [4.69, 9.17) is 0 Å². The molecule has 1 saturated heterocycles. The Kier molecular flexibility index (Phi) is 5.31. The van der Waals surface area contributed by atoms with Crippen molar-refractivity contribution in [3.63, 3.8) is 0 Å². The van der Waals surface area contributed by atoms with Gasteiger partial charge in [-0.2, -0.15) is 18.3 Å². The number of rotatable bonds is 4. The fourth-order valence-corrected chi connectivity index (χ4v) is 3.06. The van der Waals surface area contributed by atoms with Gasteiger partial charge in [-0.05, 0) is 18.6 Å². The molecule has 1 unspecified atom stereocenters. The van der Waals surface area contributed by atoms with Crippen LogP contribution in [0, 0.1) is 0 Å². The molecule has 1 amide bonds. The Bertz CT molecular complexity index is 736. The molecule has 0 saturated carbocycles. The Morgan fingerprint density at radius 3 is 2.46 bits per heavy atom. The first-order valence-corrected chi connectivity index (χ1v) is 8.53. The van der Waals surface area contributed by atoms with Gasteiger partial charge in [-0.3, -0.25) is 14.8 Å². The van der Waals surface area contributed by atoms with E-state index in [0.29, 0.717) is 12.1 Å². The molecule has 0 radical (unpaired) electrons. The van der Waals surface area contributed by atoms with Crippen LogP contribution in [0.15, 0.2) is 36.4 Å². The summed E-state index contributed by atoms with van der Waals surface area (Å²) in [5.41, 5.74) is 2.22. The van der Waals surface area contributed by atoms with E-state index in [1.165, 1.54) is 4.90 Å². The SMILES string of the molecule is CC(N1CCN(C(=O)c2cc(Cc3ccccc3)[nH]n2)CC1)C(F)(F)F. The number of aromatic amines is 1. The van der Waals surface area contributed by atoms with Gasteiger partial charge < -0.3 is 4.90 Å². The fourth-order valence-electron chi connectivity index (χ4n) is 3.06. The summed E-state index contributed by atoms with van der Waals surface area (Å²) in [6.45, 7) is 2.09. The number of carbonyl (C=O) groups is 1. The second-order valence-electron chi connectivity index (χ2n) is 6.49.